The molecule has 3 heterocycles. The largest absolute Gasteiger partial charge is 0.378 e. The van der Waals surface area contributed by atoms with E-state index in [2.05, 4.69) is 6.07 Å². The van der Waals surface area contributed by atoms with Gasteiger partial charge in [0.15, 0.2) is 5.78 Å². The zero-order valence-corrected chi connectivity index (χ0v) is 12.1. The number of carbonyl (C=O) groups excluding carboxylic acids is 1. The standard InChI is InChI=1S/C14H18O2S2/c15-12(4-3-11-2-1-6-16-11)14-8-10-9-17-7-5-13(10)18-14/h8,11H,1-7,9H2. The van der Waals surface area contributed by atoms with Crippen LogP contribution in [0.5, 0.6) is 0 Å². The number of fused-ring (bicyclic) bond motifs is 1. The summed E-state index contributed by atoms with van der Waals surface area (Å²) in [6.07, 6.45) is 5.31. The lowest BCUT2D eigenvalue weighted by molar-refractivity contribution is 0.0862. The lowest BCUT2D eigenvalue weighted by Crippen LogP contribution is -2.08. The van der Waals surface area contributed by atoms with Gasteiger partial charge in [0, 0.05) is 23.7 Å². The summed E-state index contributed by atoms with van der Waals surface area (Å²) in [5.41, 5.74) is 1.40. The molecule has 1 atom stereocenters. The van der Waals surface area contributed by atoms with Crippen molar-refractivity contribution >= 4 is 28.9 Å². The Kier molecular flexibility index (Phi) is 4.07. The second kappa shape index (κ2) is 5.76. The highest BCUT2D eigenvalue weighted by Crippen LogP contribution is 2.32. The number of aryl methyl sites for hydroxylation is 1. The first-order valence-corrected chi connectivity index (χ1v) is 8.64. The van der Waals surface area contributed by atoms with Crippen LogP contribution in [0.3, 0.4) is 0 Å². The highest BCUT2D eigenvalue weighted by atomic mass is 32.2. The Labute approximate surface area is 116 Å². The molecule has 0 aromatic carbocycles. The quantitative estimate of drug-likeness (QED) is 0.788. The Morgan fingerprint density at radius 3 is 3.22 bits per heavy atom. The van der Waals surface area contributed by atoms with E-state index < -0.39 is 0 Å². The summed E-state index contributed by atoms with van der Waals surface area (Å²) in [6.45, 7) is 0.878. The molecular formula is C14H18O2S2. The summed E-state index contributed by atoms with van der Waals surface area (Å²) in [5, 5.41) is 0. The average molecular weight is 282 g/mol. The minimum atomic E-state index is 0.315. The van der Waals surface area contributed by atoms with Crippen molar-refractivity contribution in [1.82, 2.24) is 0 Å². The Morgan fingerprint density at radius 1 is 1.50 bits per heavy atom. The molecule has 0 N–H and O–H groups in total. The van der Waals surface area contributed by atoms with Crippen LogP contribution in [0, 0.1) is 0 Å². The zero-order valence-electron chi connectivity index (χ0n) is 10.4. The Balaban J connectivity index is 1.59. The summed E-state index contributed by atoms with van der Waals surface area (Å²) < 4.78 is 5.57. The van der Waals surface area contributed by atoms with Gasteiger partial charge in [0.2, 0.25) is 0 Å². The van der Waals surface area contributed by atoms with Crippen LogP contribution < -0.4 is 0 Å². The van der Waals surface area contributed by atoms with Crippen molar-refractivity contribution in [1.29, 1.82) is 0 Å². The summed E-state index contributed by atoms with van der Waals surface area (Å²) in [6, 6.07) is 2.13. The topological polar surface area (TPSA) is 26.3 Å². The first-order valence-electron chi connectivity index (χ1n) is 6.67. The summed E-state index contributed by atoms with van der Waals surface area (Å²) >= 11 is 3.69. The summed E-state index contributed by atoms with van der Waals surface area (Å²) in [5.74, 6) is 2.61. The van der Waals surface area contributed by atoms with Crippen LogP contribution in [-0.2, 0) is 16.9 Å². The van der Waals surface area contributed by atoms with Crippen molar-refractivity contribution in [3.63, 3.8) is 0 Å². The molecular weight excluding hydrogens is 264 g/mol. The third kappa shape index (κ3) is 2.81. The van der Waals surface area contributed by atoms with E-state index in [0.717, 1.165) is 42.9 Å². The first kappa shape index (κ1) is 12.7. The number of hydrogen-bond acceptors (Lipinski definition) is 4. The molecule has 0 amide bonds. The normalized spacial score (nSPS) is 23.0. The molecule has 1 aromatic rings. The smallest absolute Gasteiger partial charge is 0.172 e. The number of ether oxygens (including phenoxy) is 1. The van der Waals surface area contributed by atoms with Crippen LogP contribution in [0.2, 0.25) is 0 Å². The molecule has 0 radical (unpaired) electrons. The lowest BCUT2D eigenvalue weighted by atomic mass is 10.1. The maximum atomic E-state index is 12.2. The first-order chi connectivity index (χ1) is 8.83. The van der Waals surface area contributed by atoms with E-state index in [0.29, 0.717) is 18.3 Å². The number of hydrogen-bond donors (Lipinski definition) is 0. The molecule has 1 saturated heterocycles. The molecule has 1 unspecified atom stereocenters. The molecule has 98 valence electrons. The number of rotatable bonds is 4. The van der Waals surface area contributed by atoms with Crippen molar-refractivity contribution < 1.29 is 9.53 Å². The molecule has 0 saturated carbocycles. The Bertz CT molecular complexity index is 410. The van der Waals surface area contributed by atoms with Gasteiger partial charge in [0.25, 0.3) is 0 Å². The van der Waals surface area contributed by atoms with Crippen LogP contribution >= 0.6 is 23.1 Å². The van der Waals surface area contributed by atoms with Gasteiger partial charge in [-0.3, -0.25) is 4.79 Å². The maximum absolute atomic E-state index is 12.2. The molecule has 4 heteroatoms. The molecule has 2 nitrogen and oxygen atoms in total. The van der Waals surface area contributed by atoms with Gasteiger partial charge in [-0.05, 0) is 43.1 Å². The minimum absolute atomic E-state index is 0.315. The number of thioether (sulfide) groups is 1. The van der Waals surface area contributed by atoms with Crippen molar-refractivity contribution in [3.05, 3.63) is 21.4 Å². The minimum Gasteiger partial charge on any atom is -0.378 e. The van der Waals surface area contributed by atoms with E-state index in [4.69, 9.17) is 4.74 Å². The van der Waals surface area contributed by atoms with Gasteiger partial charge in [0.1, 0.15) is 0 Å². The molecule has 1 fully saturated rings. The number of carbonyl (C=O) groups is 1. The molecule has 3 rings (SSSR count). The van der Waals surface area contributed by atoms with E-state index in [-0.39, 0.29) is 0 Å². The predicted octanol–water partition coefficient (Wildman–Crippen LogP) is 3.68. The Morgan fingerprint density at radius 2 is 2.44 bits per heavy atom. The van der Waals surface area contributed by atoms with Gasteiger partial charge < -0.3 is 4.74 Å². The van der Waals surface area contributed by atoms with E-state index >= 15 is 0 Å². The van der Waals surface area contributed by atoms with E-state index in [1.165, 1.54) is 16.2 Å². The van der Waals surface area contributed by atoms with Crippen molar-refractivity contribution in [2.75, 3.05) is 12.4 Å². The maximum Gasteiger partial charge on any atom is 0.172 e. The third-order valence-corrected chi connectivity index (χ3v) is 5.91. The van der Waals surface area contributed by atoms with Crippen LogP contribution in [0.15, 0.2) is 6.07 Å². The third-order valence-electron chi connectivity index (χ3n) is 3.62. The molecule has 2 aliphatic heterocycles. The van der Waals surface area contributed by atoms with Crippen LogP contribution in [0.1, 0.15) is 45.8 Å². The van der Waals surface area contributed by atoms with Gasteiger partial charge in [-0.25, -0.2) is 0 Å². The number of ketones is 1. The zero-order chi connectivity index (χ0) is 12.4. The van der Waals surface area contributed by atoms with Gasteiger partial charge in [0.05, 0.1) is 11.0 Å². The molecule has 18 heavy (non-hydrogen) atoms. The fourth-order valence-electron chi connectivity index (χ4n) is 2.57. The lowest BCUT2D eigenvalue weighted by Gasteiger charge is -2.08. The van der Waals surface area contributed by atoms with Gasteiger partial charge in [-0.15, -0.1) is 11.3 Å². The Hall–Kier alpha value is -0.320. The molecule has 0 aliphatic carbocycles. The number of Topliss-reactive ketones (excluding diaryl/α,β-unsaturated/α-hetero) is 1. The van der Waals surface area contributed by atoms with Gasteiger partial charge in [-0.2, -0.15) is 11.8 Å². The summed E-state index contributed by atoms with van der Waals surface area (Å²) in [4.78, 5) is 14.6. The second-order valence-electron chi connectivity index (χ2n) is 4.96. The van der Waals surface area contributed by atoms with Crippen LogP contribution in [-0.4, -0.2) is 24.2 Å². The van der Waals surface area contributed by atoms with Crippen molar-refractivity contribution in [3.8, 4) is 0 Å². The fourth-order valence-corrected chi connectivity index (χ4v) is 4.91. The highest BCUT2D eigenvalue weighted by molar-refractivity contribution is 7.98. The molecule has 0 bridgehead atoms. The number of thiophene rings is 1. The van der Waals surface area contributed by atoms with Crippen molar-refractivity contribution in [2.24, 2.45) is 0 Å². The van der Waals surface area contributed by atoms with Crippen LogP contribution in [0.4, 0.5) is 0 Å². The van der Waals surface area contributed by atoms with E-state index in [1.54, 1.807) is 11.3 Å². The van der Waals surface area contributed by atoms with Gasteiger partial charge in [-0.1, -0.05) is 0 Å². The fraction of sp³-hybridized carbons (Fsp3) is 0.643. The second-order valence-corrected chi connectivity index (χ2v) is 7.20. The highest BCUT2D eigenvalue weighted by Gasteiger charge is 2.20. The predicted molar refractivity (Wildman–Crippen MR) is 76.7 cm³/mol. The summed E-state index contributed by atoms with van der Waals surface area (Å²) in [7, 11) is 0. The van der Waals surface area contributed by atoms with Gasteiger partial charge >= 0.3 is 0 Å². The van der Waals surface area contributed by atoms with Crippen molar-refractivity contribution in [2.45, 2.75) is 44.0 Å². The van der Waals surface area contributed by atoms with E-state index in [9.17, 15) is 4.79 Å². The monoisotopic (exact) mass is 282 g/mol. The molecule has 2 aliphatic rings. The SMILES string of the molecule is O=C(CCC1CCCO1)c1cc2c(s1)CCSC2. The van der Waals surface area contributed by atoms with Crippen LogP contribution in [0.25, 0.3) is 0 Å². The van der Waals surface area contributed by atoms with E-state index in [1.807, 2.05) is 11.8 Å². The average Bonchev–Trinajstić information content (AvgIpc) is 3.04. The molecule has 0 spiro atoms. The molecule has 1 aromatic heterocycles.